The van der Waals surface area contributed by atoms with E-state index in [-0.39, 0.29) is 11.3 Å². The molecule has 0 radical (unpaired) electrons. The largest absolute Gasteiger partial charge is 0.201 e. The molecule has 19 heavy (non-hydrogen) atoms. The van der Waals surface area contributed by atoms with Crippen LogP contribution in [0.15, 0.2) is 48.5 Å². The Morgan fingerprint density at radius 1 is 0.684 bits per heavy atom. The van der Waals surface area contributed by atoms with Crippen LogP contribution in [-0.4, -0.2) is 3.79 Å². The molecule has 0 fully saturated rings. The second-order valence-electron chi connectivity index (χ2n) is 4.60. The third kappa shape index (κ3) is 2.25. The summed E-state index contributed by atoms with van der Waals surface area (Å²) in [6.07, 6.45) is 0. The minimum absolute atomic E-state index is 0.198. The number of alkyl halides is 4. The van der Waals surface area contributed by atoms with Gasteiger partial charge in [-0.15, -0.1) is 11.6 Å². The lowest BCUT2D eigenvalue weighted by Crippen LogP contribution is -2.25. The average Bonchev–Trinajstić information content (AvgIpc) is 2.38. The van der Waals surface area contributed by atoms with Gasteiger partial charge in [-0.05, 0) is 22.3 Å². The fourth-order valence-corrected chi connectivity index (χ4v) is 3.80. The lowest BCUT2D eigenvalue weighted by Gasteiger charge is -2.35. The van der Waals surface area contributed by atoms with Crippen LogP contribution in [0.5, 0.6) is 0 Å². The zero-order chi connectivity index (χ0) is 13.6. The van der Waals surface area contributed by atoms with Gasteiger partial charge in [0, 0.05) is 0 Å². The van der Waals surface area contributed by atoms with Gasteiger partial charge >= 0.3 is 0 Å². The SMILES string of the molecule is ClC1c2ccccc2C(C(Cl)(Cl)Cl)c2ccccc21. The average molecular weight is 332 g/mol. The van der Waals surface area contributed by atoms with E-state index in [1.165, 1.54) is 0 Å². The van der Waals surface area contributed by atoms with E-state index in [2.05, 4.69) is 0 Å². The van der Waals surface area contributed by atoms with Crippen LogP contribution in [0.2, 0.25) is 0 Å². The minimum atomic E-state index is -1.40. The lowest BCUT2D eigenvalue weighted by molar-refractivity contribution is 0.778. The number of rotatable bonds is 0. The molecule has 1 aliphatic carbocycles. The molecule has 0 nitrogen and oxygen atoms in total. The maximum atomic E-state index is 6.56. The first-order chi connectivity index (χ1) is 9.00. The maximum Gasteiger partial charge on any atom is 0.201 e. The van der Waals surface area contributed by atoms with E-state index in [0.717, 1.165) is 22.3 Å². The van der Waals surface area contributed by atoms with E-state index >= 15 is 0 Å². The van der Waals surface area contributed by atoms with Crippen molar-refractivity contribution in [2.75, 3.05) is 0 Å². The highest BCUT2D eigenvalue weighted by atomic mass is 35.6. The molecule has 0 N–H and O–H groups in total. The monoisotopic (exact) mass is 330 g/mol. The molecule has 0 aromatic heterocycles. The van der Waals surface area contributed by atoms with E-state index in [0.29, 0.717) is 0 Å². The van der Waals surface area contributed by atoms with Crippen molar-refractivity contribution in [3.05, 3.63) is 70.8 Å². The van der Waals surface area contributed by atoms with E-state index in [1.807, 2.05) is 48.5 Å². The molecular formula is C15H10Cl4. The highest BCUT2D eigenvalue weighted by molar-refractivity contribution is 6.68. The quantitative estimate of drug-likeness (QED) is 0.533. The van der Waals surface area contributed by atoms with Crippen LogP contribution in [0, 0.1) is 0 Å². The van der Waals surface area contributed by atoms with Crippen molar-refractivity contribution in [2.24, 2.45) is 0 Å². The molecule has 0 saturated carbocycles. The first-order valence-corrected chi connectivity index (χ1v) is 7.45. The van der Waals surface area contributed by atoms with Crippen molar-refractivity contribution in [1.82, 2.24) is 0 Å². The topological polar surface area (TPSA) is 0 Å². The van der Waals surface area contributed by atoms with Gasteiger partial charge in [0.15, 0.2) is 0 Å². The predicted octanol–water partition coefficient (Wildman–Crippen LogP) is 5.83. The van der Waals surface area contributed by atoms with Crippen molar-refractivity contribution in [2.45, 2.75) is 15.1 Å². The Morgan fingerprint density at radius 2 is 1.05 bits per heavy atom. The second kappa shape index (κ2) is 4.86. The van der Waals surface area contributed by atoms with Crippen LogP contribution < -0.4 is 0 Å². The molecule has 0 bridgehead atoms. The molecule has 3 rings (SSSR count). The second-order valence-corrected chi connectivity index (χ2v) is 7.40. The van der Waals surface area contributed by atoms with E-state index in [1.54, 1.807) is 0 Å². The highest BCUT2D eigenvalue weighted by Gasteiger charge is 2.41. The smallest absolute Gasteiger partial charge is 0.113 e. The van der Waals surface area contributed by atoms with Crippen molar-refractivity contribution in [1.29, 1.82) is 0 Å². The maximum absolute atomic E-state index is 6.56. The molecule has 2 aromatic carbocycles. The van der Waals surface area contributed by atoms with Gasteiger partial charge < -0.3 is 0 Å². The summed E-state index contributed by atoms with van der Waals surface area (Å²) >= 11 is 25.2. The molecule has 4 heteroatoms. The first-order valence-electron chi connectivity index (χ1n) is 5.88. The van der Waals surface area contributed by atoms with Crippen molar-refractivity contribution in [3.63, 3.8) is 0 Å². The van der Waals surface area contributed by atoms with Crippen molar-refractivity contribution >= 4 is 46.4 Å². The Labute approximate surface area is 132 Å². The fraction of sp³-hybridized carbons (Fsp3) is 0.200. The zero-order valence-corrected chi connectivity index (χ0v) is 12.8. The molecule has 0 amide bonds. The van der Waals surface area contributed by atoms with Crippen LogP contribution in [-0.2, 0) is 0 Å². The minimum Gasteiger partial charge on any atom is -0.113 e. The van der Waals surface area contributed by atoms with Gasteiger partial charge in [0.1, 0.15) is 0 Å². The zero-order valence-electron chi connectivity index (χ0n) is 9.79. The van der Waals surface area contributed by atoms with Gasteiger partial charge in [-0.1, -0.05) is 83.3 Å². The van der Waals surface area contributed by atoms with Crippen molar-refractivity contribution in [3.8, 4) is 0 Å². The molecule has 0 unspecified atom stereocenters. The molecule has 0 heterocycles. The Hall–Kier alpha value is -0.400. The number of benzene rings is 2. The molecule has 1 aliphatic rings. The Morgan fingerprint density at radius 3 is 1.42 bits per heavy atom. The van der Waals surface area contributed by atoms with E-state index in [9.17, 15) is 0 Å². The molecule has 0 aliphatic heterocycles. The van der Waals surface area contributed by atoms with Gasteiger partial charge in [-0.3, -0.25) is 0 Å². The summed E-state index contributed by atoms with van der Waals surface area (Å²) < 4.78 is -1.40. The van der Waals surface area contributed by atoms with Gasteiger partial charge in [0.2, 0.25) is 3.79 Å². The Balaban J connectivity index is 2.30. The standard InChI is InChI=1S/C15H10Cl4/c16-14-11-7-3-1-5-9(11)13(15(17,18)19)10-6-2-4-8-12(10)14/h1-8,13-14H. The molecule has 0 spiro atoms. The summed E-state index contributed by atoms with van der Waals surface area (Å²) in [5.41, 5.74) is 4.00. The summed E-state index contributed by atoms with van der Waals surface area (Å²) in [7, 11) is 0. The van der Waals surface area contributed by atoms with E-state index < -0.39 is 3.79 Å². The van der Waals surface area contributed by atoms with Gasteiger partial charge in [0.25, 0.3) is 0 Å². The van der Waals surface area contributed by atoms with Gasteiger partial charge in [-0.2, -0.15) is 0 Å². The van der Waals surface area contributed by atoms with Crippen LogP contribution in [0.1, 0.15) is 33.5 Å². The van der Waals surface area contributed by atoms with Crippen LogP contribution in [0.3, 0.4) is 0 Å². The third-order valence-corrected chi connectivity index (χ3v) is 4.61. The van der Waals surface area contributed by atoms with Crippen LogP contribution in [0.4, 0.5) is 0 Å². The molecule has 2 aromatic rings. The van der Waals surface area contributed by atoms with Gasteiger partial charge in [0.05, 0.1) is 11.3 Å². The lowest BCUT2D eigenvalue weighted by atomic mass is 9.78. The summed E-state index contributed by atoms with van der Waals surface area (Å²) in [4.78, 5) is 0. The number of halogens is 4. The number of hydrogen-bond donors (Lipinski definition) is 0. The predicted molar refractivity (Wildman–Crippen MR) is 82.7 cm³/mol. The summed E-state index contributed by atoms with van der Waals surface area (Å²) in [5, 5.41) is -0.198. The Bertz CT molecular complexity index is 568. The van der Waals surface area contributed by atoms with E-state index in [4.69, 9.17) is 46.4 Å². The Kier molecular flexibility index (Phi) is 3.47. The summed E-state index contributed by atoms with van der Waals surface area (Å²) in [6.45, 7) is 0. The number of hydrogen-bond acceptors (Lipinski definition) is 0. The number of fused-ring (bicyclic) bond motifs is 2. The normalized spacial score (nSPS) is 21.7. The first kappa shape index (κ1) is 13.6. The fourth-order valence-electron chi connectivity index (χ4n) is 2.70. The van der Waals surface area contributed by atoms with Crippen LogP contribution in [0.25, 0.3) is 0 Å². The third-order valence-electron chi connectivity index (χ3n) is 3.49. The molecule has 98 valence electrons. The summed E-state index contributed by atoms with van der Waals surface area (Å²) in [5.74, 6) is -0.292. The highest BCUT2D eigenvalue weighted by Crippen LogP contribution is 2.53. The molecule has 0 saturated heterocycles. The van der Waals surface area contributed by atoms with Crippen molar-refractivity contribution < 1.29 is 0 Å². The summed E-state index contributed by atoms with van der Waals surface area (Å²) in [6, 6.07) is 15.7. The molecular weight excluding hydrogens is 322 g/mol. The van der Waals surface area contributed by atoms with Gasteiger partial charge in [-0.25, -0.2) is 0 Å². The van der Waals surface area contributed by atoms with Crippen LogP contribution >= 0.6 is 46.4 Å². The molecule has 0 atom stereocenters.